The number of hydrogen-bond donors (Lipinski definition) is 12. The number of hydrogen-bond acceptors (Lipinski definition) is 18. The van der Waals surface area contributed by atoms with Crippen molar-refractivity contribution >= 4 is 70.5 Å². The number of rotatable bonds is 25. The number of anilines is 1. The van der Waals surface area contributed by atoms with Crippen LogP contribution in [0.2, 0.25) is 0 Å². The van der Waals surface area contributed by atoms with Crippen molar-refractivity contribution in [2.45, 2.75) is 86.9 Å². The summed E-state index contributed by atoms with van der Waals surface area (Å²) in [5.41, 5.74) is 2.02. The van der Waals surface area contributed by atoms with E-state index in [1.165, 1.54) is 36.4 Å². The third-order valence-electron chi connectivity index (χ3n) is 13.4. The van der Waals surface area contributed by atoms with E-state index in [1.807, 2.05) is 36.4 Å². The van der Waals surface area contributed by atoms with Gasteiger partial charge in [-0.25, -0.2) is 9.19 Å². The molecule has 0 unspecified atom stereocenters. The summed E-state index contributed by atoms with van der Waals surface area (Å²) in [4.78, 5) is 102. The first-order chi connectivity index (χ1) is 39.3. The van der Waals surface area contributed by atoms with Crippen molar-refractivity contribution in [3.63, 3.8) is 0 Å². The molecule has 0 bridgehead atoms. The molecule has 0 aliphatic carbocycles. The Morgan fingerprint density at radius 2 is 1.13 bits per heavy atom. The van der Waals surface area contributed by atoms with Crippen molar-refractivity contribution in [3.05, 3.63) is 172 Å². The number of carbonyl (C=O) groups is 5. The first kappa shape index (κ1) is 59.4. The van der Waals surface area contributed by atoms with Gasteiger partial charge in [0.1, 0.15) is 54.3 Å². The molecular formula is C55H58N9O17P. The maximum Gasteiger partial charge on any atom is 0.524 e. The molecule has 7 aromatic rings. The fourth-order valence-electron chi connectivity index (χ4n) is 9.25. The van der Waals surface area contributed by atoms with Crippen LogP contribution in [0.4, 0.5) is 11.4 Å². The molecule has 6 aromatic carbocycles. The predicted molar refractivity (Wildman–Crippen MR) is 292 cm³/mol. The van der Waals surface area contributed by atoms with Crippen LogP contribution in [0.15, 0.2) is 144 Å². The van der Waals surface area contributed by atoms with Gasteiger partial charge < -0.3 is 61.6 Å². The smallest absolute Gasteiger partial charge is 0.404 e. The lowest BCUT2D eigenvalue weighted by Gasteiger charge is -2.40. The van der Waals surface area contributed by atoms with Crippen LogP contribution >= 0.6 is 7.82 Å². The third-order valence-corrected chi connectivity index (χ3v) is 13.9. The topological polar surface area (TPSA) is 397 Å². The molecule has 12 N–H and O–H groups in total. The number of aliphatic hydroxyl groups is 4. The number of aromatic nitrogens is 2. The first-order valence-corrected chi connectivity index (χ1v) is 27.2. The van der Waals surface area contributed by atoms with Gasteiger partial charge in [-0.15, -0.1) is 0 Å². The standard InChI is InChI=1S/C55H58N9O17P/c65-30-44-49(67)50(68)48(55(73)79-44)61-54(72)42(28-33-16-19-37(20-17-33)80-82(76,77)78)60-53(71)41(27-32-11-5-2-6-12-32)59-52(70)40(26-31-9-3-1-4-10-31)58-51(69)39(29-34-15-18-35-13-7-8-14-36(35)25-34)57-45(66)23-24-56-38-21-22-43(64(74)75)47-46(38)62-81-63-47/h1-22,25,39-42,44,48-50,55-56,65,67-68,73H,23-24,26-30H2,(H,57,66)(H,58,69)(H,59,70)(H,60,71)(H,61,72)(H2,76,77,78)/t39-,40-,41-,42-,44-,48-,49-,50-,55-/m1/s1. The van der Waals surface area contributed by atoms with Crippen molar-refractivity contribution in [1.29, 1.82) is 0 Å². The maximum atomic E-state index is 14.9. The number of phosphoric ester groups is 1. The van der Waals surface area contributed by atoms with Gasteiger partial charge in [-0.3, -0.25) is 43.9 Å². The van der Waals surface area contributed by atoms with E-state index in [0.29, 0.717) is 27.9 Å². The second kappa shape index (κ2) is 27.2. The lowest BCUT2D eigenvalue weighted by molar-refractivity contribution is -0.383. The second-order valence-corrected chi connectivity index (χ2v) is 20.5. The summed E-state index contributed by atoms with van der Waals surface area (Å²) < 4.78 is 26.1. The zero-order chi connectivity index (χ0) is 58.5. The van der Waals surface area contributed by atoms with E-state index in [-0.39, 0.29) is 61.1 Å². The second-order valence-electron chi connectivity index (χ2n) is 19.3. The fourth-order valence-corrected chi connectivity index (χ4v) is 9.65. The van der Waals surface area contributed by atoms with E-state index in [2.05, 4.69) is 46.7 Å². The lowest BCUT2D eigenvalue weighted by atomic mass is 9.96. The number of nitrogens with one attached hydrogen (secondary N) is 6. The number of fused-ring (bicyclic) bond motifs is 2. The highest BCUT2D eigenvalue weighted by molar-refractivity contribution is 7.46. The number of nitrogens with zero attached hydrogens (tertiary/aromatic N) is 3. The normalized spacial score (nSPS) is 18.5. The van der Waals surface area contributed by atoms with Gasteiger partial charge in [0.05, 0.1) is 17.2 Å². The van der Waals surface area contributed by atoms with Gasteiger partial charge >= 0.3 is 13.5 Å². The van der Waals surface area contributed by atoms with Crippen LogP contribution in [-0.2, 0) is 59.0 Å². The largest absolute Gasteiger partial charge is 0.524 e. The lowest BCUT2D eigenvalue weighted by Crippen LogP contribution is -2.66. The maximum absolute atomic E-state index is 14.9. The molecule has 27 heteroatoms. The SMILES string of the molecule is O=C(CCNc1ccc([N+](=O)[O-])c2nonc12)N[C@H](Cc1ccc2ccccc2c1)C(=O)N[C@H](Cc1ccccc1)C(=O)N[C@H](Cc1ccccc1)C(=O)N[C@H](Cc1ccc(OP(=O)(O)O)cc1)C(=O)N[C@@H]1[C@@H](O)[C@H](O)[C@@H](CO)O[C@H]1O. The molecule has 0 radical (unpaired) electrons. The van der Waals surface area contributed by atoms with Gasteiger partial charge in [-0.05, 0) is 61.5 Å². The average molecular weight is 1150 g/mol. The van der Waals surface area contributed by atoms with E-state index < -0.39 is 104 Å². The molecule has 5 amide bonds. The van der Waals surface area contributed by atoms with E-state index in [4.69, 9.17) is 9.37 Å². The van der Waals surface area contributed by atoms with Gasteiger partial charge in [0.15, 0.2) is 11.8 Å². The molecule has 0 saturated carbocycles. The zero-order valence-corrected chi connectivity index (χ0v) is 44.3. The van der Waals surface area contributed by atoms with Crippen LogP contribution in [0.1, 0.15) is 28.7 Å². The summed E-state index contributed by atoms with van der Waals surface area (Å²) in [6.07, 6.45) is -7.91. The van der Waals surface area contributed by atoms with E-state index >= 15 is 0 Å². The Kier molecular flexibility index (Phi) is 19.7. The van der Waals surface area contributed by atoms with Gasteiger partial charge in [0, 0.05) is 44.7 Å². The van der Waals surface area contributed by atoms with Crippen LogP contribution in [-0.4, -0.2) is 143 Å². The highest BCUT2D eigenvalue weighted by atomic mass is 31.2. The molecule has 1 aromatic heterocycles. The molecule has 1 aliphatic heterocycles. The Balaban J connectivity index is 1.05. The number of non-ortho nitro benzene ring substituents is 1. The van der Waals surface area contributed by atoms with Crippen LogP contribution in [0.5, 0.6) is 5.75 Å². The number of carbonyl (C=O) groups excluding carboxylic acids is 5. The van der Waals surface area contributed by atoms with Crippen molar-refractivity contribution in [3.8, 4) is 5.75 Å². The summed E-state index contributed by atoms with van der Waals surface area (Å²) in [6, 6.07) is 30.4. The molecule has 1 aliphatic rings. The molecular weight excluding hydrogens is 1090 g/mol. The minimum Gasteiger partial charge on any atom is -0.404 e. The number of nitro benzene ring substituents is 1. The zero-order valence-electron chi connectivity index (χ0n) is 43.4. The quantitative estimate of drug-likeness (QED) is 0.0218. The molecule has 1 saturated heterocycles. The Bertz CT molecular complexity index is 3430. The van der Waals surface area contributed by atoms with Crippen molar-refractivity contribution in [2.75, 3.05) is 18.5 Å². The third kappa shape index (κ3) is 15.8. The van der Waals surface area contributed by atoms with Crippen LogP contribution in [0, 0.1) is 10.1 Å². The van der Waals surface area contributed by atoms with Crippen molar-refractivity contribution < 1.29 is 77.6 Å². The summed E-state index contributed by atoms with van der Waals surface area (Å²) in [5.74, 6) is -4.43. The van der Waals surface area contributed by atoms with Gasteiger partial charge in [-0.1, -0.05) is 115 Å². The van der Waals surface area contributed by atoms with E-state index in [9.17, 15) is 68.9 Å². The summed E-state index contributed by atoms with van der Waals surface area (Å²) in [5, 5.41) is 79.0. The van der Waals surface area contributed by atoms with Gasteiger partial charge in [0.2, 0.25) is 35.1 Å². The molecule has 82 heavy (non-hydrogen) atoms. The molecule has 26 nitrogen and oxygen atoms in total. The number of amides is 5. The van der Waals surface area contributed by atoms with Crippen LogP contribution in [0.25, 0.3) is 21.8 Å². The number of ether oxygens (including phenoxy) is 1. The van der Waals surface area contributed by atoms with E-state index in [1.54, 1.807) is 66.7 Å². The van der Waals surface area contributed by atoms with E-state index in [0.717, 1.165) is 10.8 Å². The minimum atomic E-state index is -4.96. The van der Waals surface area contributed by atoms with Gasteiger partial charge in [-0.2, -0.15) is 0 Å². The Hall–Kier alpha value is -8.72. The molecule has 8 rings (SSSR count). The number of phosphoric acid groups is 1. The predicted octanol–water partition coefficient (Wildman–Crippen LogP) is 1.38. The first-order valence-electron chi connectivity index (χ1n) is 25.7. The monoisotopic (exact) mass is 1150 g/mol. The summed E-state index contributed by atoms with van der Waals surface area (Å²) >= 11 is 0. The van der Waals surface area contributed by atoms with Crippen LogP contribution in [0.3, 0.4) is 0 Å². The highest BCUT2D eigenvalue weighted by Crippen LogP contribution is 2.37. The Morgan fingerprint density at radius 1 is 0.622 bits per heavy atom. The van der Waals surface area contributed by atoms with Gasteiger partial charge in [0.25, 0.3) is 0 Å². The molecule has 9 atom stereocenters. The Labute approximate surface area is 466 Å². The highest BCUT2D eigenvalue weighted by Gasteiger charge is 2.45. The fraction of sp³-hybridized carbons (Fsp3) is 0.291. The van der Waals surface area contributed by atoms with Crippen LogP contribution < -0.4 is 36.4 Å². The van der Waals surface area contributed by atoms with Crippen molar-refractivity contribution in [1.82, 2.24) is 36.9 Å². The average Bonchev–Trinajstić information content (AvgIpc) is 4.14. The summed E-state index contributed by atoms with van der Waals surface area (Å²) in [7, 11) is -4.96. The molecule has 1 fully saturated rings. The number of nitro groups is 1. The number of benzene rings is 6. The minimum absolute atomic E-state index is 0.0317. The van der Waals surface area contributed by atoms with Crippen molar-refractivity contribution in [2.24, 2.45) is 0 Å². The number of aliphatic hydroxyl groups excluding tert-OH is 4. The molecule has 430 valence electrons. The summed E-state index contributed by atoms with van der Waals surface area (Å²) in [6.45, 7) is -0.820. The molecule has 2 heterocycles. The Morgan fingerprint density at radius 3 is 1.71 bits per heavy atom. The molecule has 0 spiro atoms.